The second-order valence-electron chi connectivity index (χ2n) is 5.01. The van der Waals surface area contributed by atoms with E-state index < -0.39 is 0 Å². The van der Waals surface area contributed by atoms with Gasteiger partial charge in [-0.1, -0.05) is 35.9 Å². The van der Waals surface area contributed by atoms with Crippen LogP contribution < -0.4 is 0 Å². The molecule has 0 bridgehead atoms. The Morgan fingerprint density at radius 3 is 2.76 bits per heavy atom. The van der Waals surface area contributed by atoms with Gasteiger partial charge < -0.3 is 4.90 Å². The van der Waals surface area contributed by atoms with Gasteiger partial charge in [0.2, 0.25) is 0 Å². The molecule has 2 rings (SSSR count). The van der Waals surface area contributed by atoms with E-state index >= 15 is 0 Å². The smallest absolute Gasteiger partial charge is 0.273 e. The maximum atomic E-state index is 12.8. The lowest BCUT2D eigenvalue weighted by atomic mass is 9.97. The van der Waals surface area contributed by atoms with E-state index in [0.717, 1.165) is 19.3 Å². The van der Waals surface area contributed by atoms with Crippen molar-refractivity contribution < 1.29 is 4.79 Å². The van der Waals surface area contributed by atoms with Crippen LogP contribution in [-0.4, -0.2) is 27.9 Å². The van der Waals surface area contributed by atoms with Crippen LogP contribution in [-0.2, 0) is 0 Å². The fourth-order valence-electron chi connectivity index (χ4n) is 2.59. The number of halogens is 1. The van der Waals surface area contributed by atoms with E-state index in [4.69, 9.17) is 11.6 Å². The van der Waals surface area contributed by atoms with Gasteiger partial charge in [-0.25, -0.2) is 4.98 Å². The Hall–Kier alpha value is -1.87. The zero-order valence-corrected chi connectivity index (χ0v) is 12.7. The molecule has 0 N–H and O–H groups in total. The highest BCUT2D eigenvalue weighted by atomic mass is 35.5. The highest BCUT2D eigenvalue weighted by molar-refractivity contribution is 6.30. The van der Waals surface area contributed by atoms with Gasteiger partial charge in [0.15, 0.2) is 0 Å². The SMILES string of the molecule is C=CC[C@@H]1CC=C[C@@H](CC=C)N1C(=O)c1ccc(Cl)cn1. The van der Waals surface area contributed by atoms with Crippen LogP contribution in [0.5, 0.6) is 0 Å². The monoisotopic (exact) mass is 302 g/mol. The quantitative estimate of drug-likeness (QED) is 0.770. The number of amides is 1. The second kappa shape index (κ2) is 7.23. The third-order valence-corrected chi connectivity index (χ3v) is 3.77. The number of hydrogen-bond donors (Lipinski definition) is 0. The molecule has 2 atom stereocenters. The fraction of sp³-hybridized carbons (Fsp3) is 0.294. The van der Waals surface area contributed by atoms with Crippen molar-refractivity contribution >= 4 is 17.5 Å². The van der Waals surface area contributed by atoms with Gasteiger partial charge in [0, 0.05) is 12.2 Å². The van der Waals surface area contributed by atoms with E-state index in [2.05, 4.69) is 30.3 Å². The summed E-state index contributed by atoms with van der Waals surface area (Å²) in [4.78, 5) is 18.8. The lowest BCUT2D eigenvalue weighted by Crippen LogP contribution is -2.48. The average Bonchev–Trinajstić information content (AvgIpc) is 2.48. The zero-order chi connectivity index (χ0) is 15.2. The number of aromatic nitrogens is 1. The van der Waals surface area contributed by atoms with Crippen LogP contribution in [0.1, 0.15) is 29.8 Å². The lowest BCUT2D eigenvalue weighted by molar-refractivity contribution is 0.0601. The summed E-state index contributed by atoms with van der Waals surface area (Å²) >= 11 is 5.83. The van der Waals surface area contributed by atoms with Gasteiger partial charge in [0.1, 0.15) is 5.69 Å². The van der Waals surface area contributed by atoms with Gasteiger partial charge in [-0.3, -0.25) is 4.79 Å². The maximum absolute atomic E-state index is 12.8. The fourth-order valence-corrected chi connectivity index (χ4v) is 2.70. The predicted octanol–water partition coefficient (Wildman–Crippen LogP) is 4.03. The molecule has 0 aromatic carbocycles. The van der Waals surface area contributed by atoms with Gasteiger partial charge in [-0.05, 0) is 31.4 Å². The van der Waals surface area contributed by atoms with Gasteiger partial charge in [-0.15, -0.1) is 13.2 Å². The molecule has 0 aliphatic carbocycles. The third kappa shape index (κ3) is 3.61. The zero-order valence-electron chi connectivity index (χ0n) is 11.9. The highest BCUT2D eigenvalue weighted by Crippen LogP contribution is 2.24. The molecule has 1 amide bonds. The summed E-state index contributed by atoms with van der Waals surface area (Å²) in [5, 5.41) is 0.523. The molecule has 4 heteroatoms. The Bertz CT molecular complexity index is 550. The molecule has 0 spiro atoms. The number of rotatable bonds is 5. The van der Waals surface area contributed by atoms with Crippen molar-refractivity contribution in [3.8, 4) is 0 Å². The first kappa shape index (κ1) is 15.5. The summed E-state index contributed by atoms with van der Waals surface area (Å²) in [6.45, 7) is 7.57. The molecule has 1 aliphatic rings. The molecular formula is C17H19ClN2O. The van der Waals surface area contributed by atoms with Crippen LogP contribution in [0.3, 0.4) is 0 Å². The topological polar surface area (TPSA) is 33.2 Å². The Kier molecular flexibility index (Phi) is 5.34. The number of pyridine rings is 1. The minimum absolute atomic E-state index is 0.0196. The predicted molar refractivity (Wildman–Crippen MR) is 86.4 cm³/mol. The van der Waals surface area contributed by atoms with Crippen LogP contribution in [0.4, 0.5) is 0 Å². The molecule has 0 radical (unpaired) electrons. The molecule has 2 heterocycles. The summed E-state index contributed by atoms with van der Waals surface area (Å²) in [5.74, 6) is -0.0743. The molecule has 0 saturated carbocycles. The molecule has 1 aromatic heterocycles. The maximum Gasteiger partial charge on any atom is 0.273 e. The van der Waals surface area contributed by atoms with E-state index in [1.165, 1.54) is 6.20 Å². The van der Waals surface area contributed by atoms with Gasteiger partial charge in [-0.2, -0.15) is 0 Å². The van der Waals surface area contributed by atoms with Crippen molar-refractivity contribution in [2.24, 2.45) is 0 Å². The van der Waals surface area contributed by atoms with E-state index in [0.29, 0.717) is 10.7 Å². The molecule has 110 valence electrons. The molecule has 0 saturated heterocycles. The molecule has 1 aliphatic heterocycles. The molecule has 1 aromatic rings. The minimum atomic E-state index is -0.0743. The van der Waals surface area contributed by atoms with Crippen molar-refractivity contribution in [3.63, 3.8) is 0 Å². The molecular weight excluding hydrogens is 284 g/mol. The first-order chi connectivity index (χ1) is 10.2. The van der Waals surface area contributed by atoms with Gasteiger partial charge in [0.05, 0.1) is 11.1 Å². The summed E-state index contributed by atoms with van der Waals surface area (Å²) in [6, 6.07) is 3.49. The van der Waals surface area contributed by atoms with Crippen LogP contribution in [0, 0.1) is 0 Å². The van der Waals surface area contributed by atoms with Crippen LogP contribution in [0.2, 0.25) is 5.02 Å². The van der Waals surface area contributed by atoms with E-state index in [1.54, 1.807) is 12.1 Å². The van der Waals surface area contributed by atoms with E-state index in [1.807, 2.05) is 17.1 Å². The molecule has 0 unspecified atom stereocenters. The minimum Gasteiger partial charge on any atom is -0.327 e. The average molecular weight is 303 g/mol. The Morgan fingerprint density at radius 1 is 1.38 bits per heavy atom. The van der Waals surface area contributed by atoms with Crippen molar-refractivity contribution in [2.75, 3.05) is 0 Å². The number of nitrogens with zero attached hydrogens (tertiary/aromatic N) is 2. The highest BCUT2D eigenvalue weighted by Gasteiger charge is 2.31. The van der Waals surface area contributed by atoms with Gasteiger partial charge in [0.25, 0.3) is 5.91 Å². The van der Waals surface area contributed by atoms with Gasteiger partial charge >= 0.3 is 0 Å². The summed E-state index contributed by atoms with van der Waals surface area (Å²) in [5.41, 5.74) is 0.415. The summed E-state index contributed by atoms with van der Waals surface area (Å²) in [7, 11) is 0. The normalized spacial score (nSPS) is 21.1. The van der Waals surface area contributed by atoms with E-state index in [9.17, 15) is 4.79 Å². The van der Waals surface area contributed by atoms with Crippen molar-refractivity contribution in [1.29, 1.82) is 0 Å². The molecule has 3 nitrogen and oxygen atoms in total. The van der Waals surface area contributed by atoms with Crippen molar-refractivity contribution in [1.82, 2.24) is 9.88 Å². The Morgan fingerprint density at radius 2 is 2.14 bits per heavy atom. The summed E-state index contributed by atoms with van der Waals surface area (Å²) in [6.07, 6.45) is 11.7. The third-order valence-electron chi connectivity index (χ3n) is 3.54. The molecule has 21 heavy (non-hydrogen) atoms. The second-order valence-corrected chi connectivity index (χ2v) is 5.44. The number of hydrogen-bond acceptors (Lipinski definition) is 2. The standard InChI is InChI=1S/C17H19ClN2O/c1-3-6-14-8-5-9-15(7-4-2)20(14)17(21)16-11-10-13(18)12-19-16/h3-5,8,10-12,14-15H,1-2,6-7,9H2/t14-,15-/m1/s1. The first-order valence-corrected chi connectivity index (χ1v) is 7.37. The Balaban J connectivity index is 2.30. The summed E-state index contributed by atoms with van der Waals surface area (Å²) < 4.78 is 0. The first-order valence-electron chi connectivity index (χ1n) is 7.00. The lowest BCUT2D eigenvalue weighted by Gasteiger charge is -2.38. The Labute approximate surface area is 130 Å². The number of carbonyl (C=O) groups is 1. The van der Waals surface area contributed by atoms with Crippen LogP contribution in [0.15, 0.2) is 55.8 Å². The molecule has 0 fully saturated rings. The van der Waals surface area contributed by atoms with Crippen LogP contribution in [0.25, 0.3) is 0 Å². The number of carbonyl (C=O) groups excluding carboxylic acids is 1. The largest absolute Gasteiger partial charge is 0.327 e. The van der Waals surface area contributed by atoms with Crippen molar-refractivity contribution in [2.45, 2.75) is 31.3 Å². The van der Waals surface area contributed by atoms with Crippen LogP contribution >= 0.6 is 11.6 Å². The van der Waals surface area contributed by atoms with E-state index in [-0.39, 0.29) is 18.0 Å². The van der Waals surface area contributed by atoms with Crippen molar-refractivity contribution in [3.05, 3.63) is 66.5 Å².